The molecule has 2 aliphatic rings. The lowest BCUT2D eigenvalue weighted by atomic mass is 9.86. The molecule has 5 nitrogen and oxygen atoms in total. The van der Waals surface area contributed by atoms with E-state index in [1.165, 1.54) is 51.9 Å². The first kappa shape index (κ1) is 20.1. The van der Waals surface area contributed by atoms with Gasteiger partial charge in [-0.3, -0.25) is 9.80 Å². The van der Waals surface area contributed by atoms with E-state index in [-0.39, 0.29) is 6.23 Å². The number of likely N-dealkylation sites (N-methyl/N-ethyl adjacent to an activating group) is 1. The fraction of sp³-hybridized carbons (Fsp3) is 1.00. The van der Waals surface area contributed by atoms with Crippen LogP contribution in [0, 0.1) is 5.92 Å². The third-order valence-corrected chi connectivity index (χ3v) is 5.82. The second-order valence-electron chi connectivity index (χ2n) is 7.82. The highest BCUT2D eigenvalue weighted by Gasteiger charge is 2.35. The minimum atomic E-state index is 0.273. The van der Waals surface area contributed by atoms with Gasteiger partial charge in [0.15, 0.2) is 0 Å². The monoisotopic (exact) mass is 341 g/mol. The summed E-state index contributed by atoms with van der Waals surface area (Å²) in [5.41, 5.74) is 0. The third kappa shape index (κ3) is 5.95. The molecule has 142 valence electrons. The summed E-state index contributed by atoms with van der Waals surface area (Å²) in [7, 11) is 6.19. The summed E-state index contributed by atoms with van der Waals surface area (Å²) in [6, 6.07) is 0.732. The third-order valence-electron chi connectivity index (χ3n) is 5.82. The number of ether oxygens (including phenoxy) is 2. The molecule has 0 amide bonds. The van der Waals surface area contributed by atoms with Crippen molar-refractivity contribution < 1.29 is 9.47 Å². The topological polar surface area (TPSA) is 28.2 Å². The van der Waals surface area contributed by atoms with Gasteiger partial charge >= 0.3 is 0 Å². The van der Waals surface area contributed by atoms with E-state index >= 15 is 0 Å². The summed E-state index contributed by atoms with van der Waals surface area (Å²) in [6.07, 6.45) is 5.79. The van der Waals surface area contributed by atoms with E-state index < -0.39 is 0 Å². The first-order valence-corrected chi connectivity index (χ1v) is 9.80. The molecule has 2 rings (SSSR count). The Kier molecular flexibility index (Phi) is 8.44. The second-order valence-corrected chi connectivity index (χ2v) is 7.82. The van der Waals surface area contributed by atoms with Crippen molar-refractivity contribution in [2.24, 2.45) is 5.92 Å². The van der Waals surface area contributed by atoms with Crippen LogP contribution in [-0.4, -0.2) is 93.6 Å². The van der Waals surface area contributed by atoms with E-state index in [0.29, 0.717) is 6.10 Å². The lowest BCUT2D eigenvalue weighted by molar-refractivity contribution is -0.0633. The molecular formula is C19H39N3O2. The van der Waals surface area contributed by atoms with Crippen LogP contribution < -0.4 is 0 Å². The maximum atomic E-state index is 5.75. The molecule has 0 spiro atoms. The molecule has 1 aliphatic carbocycles. The van der Waals surface area contributed by atoms with Gasteiger partial charge in [0.05, 0.1) is 6.10 Å². The number of likely N-dealkylation sites (tertiary alicyclic amines) is 1. The summed E-state index contributed by atoms with van der Waals surface area (Å²) in [6.45, 7) is 11.0. The van der Waals surface area contributed by atoms with Crippen LogP contribution in [0.15, 0.2) is 0 Å². The lowest BCUT2D eigenvalue weighted by Crippen LogP contribution is -2.52. The number of methoxy groups -OCH3 is 1. The predicted molar refractivity (Wildman–Crippen MR) is 99.3 cm³/mol. The van der Waals surface area contributed by atoms with Gasteiger partial charge in [0.1, 0.15) is 6.23 Å². The Morgan fingerprint density at radius 3 is 2.33 bits per heavy atom. The van der Waals surface area contributed by atoms with Gasteiger partial charge in [0.2, 0.25) is 0 Å². The molecule has 1 aliphatic heterocycles. The second kappa shape index (κ2) is 10.1. The predicted octanol–water partition coefficient (Wildman–Crippen LogP) is 2.12. The zero-order valence-electron chi connectivity index (χ0n) is 16.5. The van der Waals surface area contributed by atoms with E-state index in [4.69, 9.17) is 9.47 Å². The van der Waals surface area contributed by atoms with Gasteiger partial charge in [-0.25, -0.2) is 0 Å². The minimum absolute atomic E-state index is 0.273. The smallest absolute Gasteiger partial charge is 0.107 e. The zero-order chi connectivity index (χ0) is 17.5. The van der Waals surface area contributed by atoms with E-state index in [1.807, 2.05) is 7.11 Å². The molecule has 24 heavy (non-hydrogen) atoms. The maximum Gasteiger partial charge on any atom is 0.107 e. The normalized spacial score (nSPS) is 27.6. The van der Waals surface area contributed by atoms with Crippen LogP contribution in [0.2, 0.25) is 0 Å². The Morgan fingerprint density at radius 2 is 1.79 bits per heavy atom. The Morgan fingerprint density at radius 1 is 1.12 bits per heavy atom. The maximum absolute atomic E-state index is 5.75. The highest BCUT2D eigenvalue weighted by atomic mass is 16.5. The summed E-state index contributed by atoms with van der Waals surface area (Å²) in [5, 5.41) is 0. The Balaban J connectivity index is 1.77. The van der Waals surface area contributed by atoms with Gasteiger partial charge in [-0.15, -0.1) is 0 Å². The van der Waals surface area contributed by atoms with Crippen LogP contribution in [0.1, 0.15) is 39.5 Å². The molecular weight excluding hydrogens is 302 g/mol. The molecule has 0 N–H and O–H groups in total. The molecule has 1 heterocycles. The van der Waals surface area contributed by atoms with Crippen molar-refractivity contribution in [2.75, 3.05) is 60.5 Å². The first-order chi connectivity index (χ1) is 11.5. The van der Waals surface area contributed by atoms with Crippen molar-refractivity contribution in [2.45, 2.75) is 57.9 Å². The fourth-order valence-corrected chi connectivity index (χ4v) is 3.96. The van der Waals surface area contributed by atoms with E-state index in [0.717, 1.165) is 25.1 Å². The van der Waals surface area contributed by atoms with Gasteiger partial charge in [-0.1, -0.05) is 0 Å². The standard InChI is InChI=1S/C19H39N3O2/c1-6-24-16(2)21-9-7-17(8-10-21)15-22(12-11-20(3)4)18-13-19(14-18)23-5/h16-19H,6-15H2,1-5H3. The molecule has 0 aromatic carbocycles. The largest absolute Gasteiger partial charge is 0.381 e. The summed E-state index contributed by atoms with van der Waals surface area (Å²) in [5.74, 6) is 0.832. The Labute approximate surface area is 149 Å². The van der Waals surface area contributed by atoms with Gasteiger partial charge in [-0.05, 0) is 59.5 Å². The van der Waals surface area contributed by atoms with E-state index in [9.17, 15) is 0 Å². The average molecular weight is 342 g/mol. The summed E-state index contributed by atoms with van der Waals surface area (Å²) >= 11 is 0. The Hall–Kier alpha value is -0.200. The quantitative estimate of drug-likeness (QED) is 0.607. The van der Waals surface area contributed by atoms with Gasteiger partial charge in [-0.2, -0.15) is 0 Å². The number of rotatable bonds is 10. The van der Waals surface area contributed by atoms with Crippen LogP contribution in [0.3, 0.4) is 0 Å². The number of nitrogens with zero attached hydrogens (tertiary/aromatic N) is 3. The van der Waals surface area contributed by atoms with Crippen molar-refractivity contribution in [3.05, 3.63) is 0 Å². The lowest BCUT2D eigenvalue weighted by Gasteiger charge is -2.45. The van der Waals surface area contributed by atoms with Crippen LogP contribution >= 0.6 is 0 Å². The molecule has 1 saturated heterocycles. The molecule has 0 aromatic rings. The molecule has 1 saturated carbocycles. The van der Waals surface area contributed by atoms with Crippen LogP contribution in [0.4, 0.5) is 0 Å². The molecule has 0 bridgehead atoms. The van der Waals surface area contributed by atoms with Crippen molar-refractivity contribution >= 4 is 0 Å². The first-order valence-electron chi connectivity index (χ1n) is 9.80. The van der Waals surface area contributed by atoms with Crippen molar-refractivity contribution in [1.82, 2.24) is 14.7 Å². The van der Waals surface area contributed by atoms with Gasteiger partial charge < -0.3 is 14.4 Å². The summed E-state index contributed by atoms with van der Waals surface area (Å²) < 4.78 is 11.2. The van der Waals surface area contributed by atoms with Crippen LogP contribution in [-0.2, 0) is 9.47 Å². The van der Waals surface area contributed by atoms with Crippen LogP contribution in [0.5, 0.6) is 0 Å². The highest BCUT2D eigenvalue weighted by molar-refractivity contribution is 4.89. The summed E-state index contributed by atoms with van der Waals surface area (Å²) in [4.78, 5) is 7.53. The highest BCUT2D eigenvalue weighted by Crippen LogP contribution is 2.30. The molecule has 2 fully saturated rings. The van der Waals surface area contributed by atoms with Crippen LogP contribution in [0.25, 0.3) is 0 Å². The molecule has 5 heteroatoms. The van der Waals surface area contributed by atoms with Gasteiger partial charge in [0, 0.05) is 52.5 Å². The van der Waals surface area contributed by atoms with Crippen molar-refractivity contribution in [3.8, 4) is 0 Å². The molecule has 1 atom stereocenters. The van der Waals surface area contributed by atoms with Gasteiger partial charge in [0.25, 0.3) is 0 Å². The average Bonchev–Trinajstić information content (AvgIpc) is 2.52. The minimum Gasteiger partial charge on any atom is -0.381 e. The number of hydrogen-bond donors (Lipinski definition) is 0. The number of hydrogen-bond acceptors (Lipinski definition) is 5. The van der Waals surface area contributed by atoms with Crippen molar-refractivity contribution in [3.63, 3.8) is 0 Å². The van der Waals surface area contributed by atoms with Crippen molar-refractivity contribution in [1.29, 1.82) is 0 Å². The number of piperidine rings is 1. The SMILES string of the molecule is CCOC(C)N1CCC(CN(CCN(C)C)C2CC(OC)C2)CC1. The van der Waals surface area contributed by atoms with E-state index in [1.54, 1.807) is 0 Å². The Bertz CT molecular complexity index is 340. The molecule has 0 aromatic heterocycles. The van der Waals surface area contributed by atoms with E-state index in [2.05, 4.69) is 42.6 Å². The fourth-order valence-electron chi connectivity index (χ4n) is 3.96. The molecule has 0 radical (unpaired) electrons. The zero-order valence-corrected chi connectivity index (χ0v) is 16.5. The molecule has 1 unspecified atom stereocenters.